The molecule has 2 unspecified atom stereocenters. The molecular formula is C19H23N. The van der Waals surface area contributed by atoms with Crippen LogP contribution in [0.15, 0.2) is 48.5 Å². The summed E-state index contributed by atoms with van der Waals surface area (Å²) in [4.78, 5) is 0. The van der Waals surface area contributed by atoms with E-state index in [-0.39, 0.29) is 0 Å². The standard InChI is InChI=1S/C19H23N/c1-13(2)16-9-10-17-11-14(3)20-19(18(17)12-16)15-7-5-4-6-8-15/h4-10,12-14,19-20H,11H2,1-3H3. The van der Waals surface area contributed by atoms with E-state index in [2.05, 4.69) is 74.6 Å². The predicted octanol–water partition coefficient (Wildman–Crippen LogP) is 4.43. The first kappa shape index (κ1) is 13.4. The lowest BCUT2D eigenvalue weighted by Gasteiger charge is -2.32. The fraction of sp³-hybridized carbons (Fsp3) is 0.368. The third-order valence-corrected chi connectivity index (χ3v) is 4.26. The molecule has 104 valence electrons. The second-order valence-electron chi connectivity index (χ2n) is 6.23. The lowest BCUT2D eigenvalue weighted by Crippen LogP contribution is -2.38. The monoisotopic (exact) mass is 265 g/mol. The van der Waals surface area contributed by atoms with Crippen molar-refractivity contribution in [2.45, 2.75) is 45.2 Å². The zero-order valence-corrected chi connectivity index (χ0v) is 12.6. The molecule has 1 nitrogen and oxygen atoms in total. The second-order valence-corrected chi connectivity index (χ2v) is 6.23. The van der Waals surface area contributed by atoms with E-state index in [0.717, 1.165) is 6.42 Å². The summed E-state index contributed by atoms with van der Waals surface area (Å²) in [7, 11) is 0. The van der Waals surface area contributed by atoms with Crippen molar-refractivity contribution in [3.8, 4) is 0 Å². The predicted molar refractivity (Wildman–Crippen MR) is 85.1 cm³/mol. The molecule has 0 saturated carbocycles. The first-order chi connectivity index (χ1) is 9.65. The molecule has 0 saturated heterocycles. The Morgan fingerprint density at radius 1 is 1.05 bits per heavy atom. The van der Waals surface area contributed by atoms with Crippen LogP contribution in [0, 0.1) is 0 Å². The number of benzene rings is 2. The summed E-state index contributed by atoms with van der Waals surface area (Å²) in [6.45, 7) is 6.80. The van der Waals surface area contributed by atoms with Crippen molar-refractivity contribution in [2.75, 3.05) is 0 Å². The van der Waals surface area contributed by atoms with Crippen LogP contribution >= 0.6 is 0 Å². The van der Waals surface area contributed by atoms with Crippen LogP contribution in [0.1, 0.15) is 55.0 Å². The van der Waals surface area contributed by atoms with E-state index < -0.39 is 0 Å². The molecule has 1 aliphatic rings. The zero-order chi connectivity index (χ0) is 14.1. The quantitative estimate of drug-likeness (QED) is 0.847. The Hall–Kier alpha value is -1.60. The molecule has 1 heteroatoms. The summed E-state index contributed by atoms with van der Waals surface area (Å²) in [5.74, 6) is 0.580. The van der Waals surface area contributed by atoms with Crippen molar-refractivity contribution in [3.63, 3.8) is 0 Å². The molecule has 1 aliphatic heterocycles. The van der Waals surface area contributed by atoms with Gasteiger partial charge in [0.05, 0.1) is 6.04 Å². The van der Waals surface area contributed by atoms with Gasteiger partial charge in [-0.1, -0.05) is 62.4 Å². The molecule has 1 heterocycles. The van der Waals surface area contributed by atoms with Gasteiger partial charge in [-0.15, -0.1) is 0 Å². The van der Waals surface area contributed by atoms with E-state index in [1.807, 2.05) is 0 Å². The van der Waals surface area contributed by atoms with Crippen molar-refractivity contribution >= 4 is 0 Å². The van der Waals surface area contributed by atoms with Crippen molar-refractivity contribution in [2.24, 2.45) is 0 Å². The molecule has 0 spiro atoms. The number of hydrogen-bond acceptors (Lipinski definition) is 1. The Balaban J connectivity index is 2.08. The fourth-order valence-corrected chi connectivity index (χ4v) is 3.11. The summed E-state index contributed by atoms with van der Waals surface area (Å²) < 4.78 is 0. The van der Waals surface area contributed by atoms with Gasteiger partial charge in [-0.25, -0.2) is 0 Å². The molecular weight excluding hydrogens is 242 g/mol. The first-order valence-corrected chi connectivity index (χ1v) is 7.59. The van der Waals surface area contributed by atoms with Crippen molar-refractivity contribution < 1.29 is 0 Å². The normalized spacial score (nSPS) is 21.8. The third-order valence-electron chi connectivity index (χ3n) is 4.26. The highest BCUT2D eigenvalue weighted by Gasteiger charge is 2.25. The van der Waals surface area contributed by atoms with Crippen LogP contribution in [0.3, 0.4) is 0 Å². The van der Waals surface area contributed by atoms with E-state index in [9.17, 15) is 0 Å². The highest BCUT2D eigenvalue weighted by Crippen LogP contribution is 2.32. The summed E-state index contributed by atoms with van der Waals surface area (Å²) in [5.41, 5.74) is 5.75. The summed E-state index contributed by atoms with van der Waals surface area (Å²) in [6.07, 6.45) is 1.12. The van der Waals surface area contributed by atoms with Crippen molar-refractivity contribution in [3.05, 3.63) is 70.8 Å². The average molecular weight is 265 g/mol. The van der Waals surface area contributed by atoms with Crippen LogP contribution in [0.5, 0.6) is 0 Å². The molecule has 1 N–H and O–H groups in total. The Labute approximate surface area is 122 Å². The minimum atomic E-state index is 0.327. The maximum atomic E-state index is 3.75. The molecule has 0 bridgehead atoms. The highest BCUT2D eigenvalue weighted by atomic mass is 15.0. The van der Waals surface area contributed by atoms with Crippen molar-refractivity contribution in [1.82, 2.24) is 5.32 Å². The second kappa shape index (κ2) is 5.41. The van der Waals surface area contributed by atoms with Gasteiger partial charge in [-0.2, -0.15) is 0 Å². The van der Waals surface area contributed by atoms with E-state index in [1.165, 1.54) is 22.3 Å². The Morgan fingerprint density at radius 3 is 2.50 bits per heavy atom. The molecule has 0 aromatic heterocycles. The van der Waals surface area contributed by atoms with Gasteiger partial charge in [0.1, 0.15) is 0 Å². The van der Waals surface area contributed by atoms with Crippen molar-refractivity contribution in [1.29, 1.82) is 0 Å². The SMILES string of the molecule is CC1Cc2ccc(C(C)C)cc2C(c2ccccc2)N1. The molecule has 20 heavy (non-hydrogen) atoms. The van der Waals surface area contributed by atoms with Crippen LogP contribution in [0.4, 0.5) is 0 Å². The van der Waals surface area contributed by atoms with E-state index in [4.69, 9.17) is 0 Å². The Bertz CT molecular complexity index is 586. The first-order valence-electron chi connectivity index (χ1n) is 7.59. The Kier molecular flexibility index (Phi) is 3.62. The van der Waals surface area contributed by atoms with Crippen LogP contribution in [-0.4, -0.2) is 6.04 Å². The molecule has 2 atom stereocenters. The van der Waals surface area contributed by atoms with Crippen LogP contribution < -0.4 is 5.32 Å². The van der Waals surface area contributed by atoms with E-state index in [0.29, 0.717) is 18.0 Å². The summed E-state index contributed by atoms with van der Waals surface area (Å²) in [5, 5.41) is 3.75. The third kappa shape index (κ3) is 2.51. The molecule has 0 aliphatic carbocycles. The molecule has 2 aromatic rings. The van der Waals surface area contributed by atoms with E-state index in [1.54, 1.807) is 0 Å². The van der Waals surface area contributed by atoms with Gasteiger partial charge in [0, 0.05) is 6.04 Å². The van der Waals surface area contributed by atoms with Crippen LogP contribution in [-0.2, 0) is 6.42 Å². The zero-order valence-electron chi connectivity index (χ0n) is 12.6. The summed E-state index contributed by atoms with van der Waals surface area (Å²) in [6, 6.07) is 18.7. The molecule has 0 radical (unpaired) electrons. The molecule has 0 amide bonds. The van der Waals surface area contributed by atoms with Gasteiger partial charge in [-0.05, 0) is 41.5 Å². The van der Waals surface area contributed by atoms with Gasteiger partial charge in [-0.3, -0.25) is 0 Å². The molecule has 0 fully saturated rings. The number of rotatable bonds is 2. The number of nitrogens with one attached hydrogen (secondary N) is 1. The molecule has 2 aromatic carbocycles. The number of hydrogen-bond donors (Lipinski definition) is 1. The van der Waals surface area contributed by atoms with E-state index >= 15 is 0 Å². The fourth-order valence-electron chi connectivity index (χ4n) is 3.11. The van der Waals surface area contributed by atoms with Gasteiger partial charge in [0.25, 0.3) is 0 Å². The largest absolute Gasteiger partial charge is 0.303 e. The molecule has 3 rings (SSSR count). The van der Waals surface area contributed by atoms with Gasteiger partial charge in [0.2, 0.25) is 0 Å². The average Bonchev–Trinajstić information content (AvgIpc) is 2.46. The maximum Gasteiger partial charge on any atom is 0.0581 e. The highest BCUT2D eigenvalue weighted by molar-refractivity contribution is 5.43. The van der Waals surface area contributed by atoms with Gasteiger partial charge >= 0.3 is 0 Å². The van der Waals surface area contributed by atoms with Crippen LogP contribution in [0.25, 0.3) is 0 Å². The Morgan fingerprint density at radius 2 is 1.80 bits per heavy atom. The lowest BCUT2D eigenvalue weighted by atomic mass is 9.85. The lowest BCUT2D eigenvalue weighted by molar-refractivity contribution is 0.463. The minimum Gasteiger partial charge on any atom is -0.303 e. The number of fused-ring (bicyclic) bond motifs is 1. The maximum absolute atomic E-state index is 3.75. The van der Waals surface area contributed by atoms with Gasteiger partial charge < -0.3 is 5.32 Å². The topological polar surface area (TPSA) is 12.0 Å². The summed E-state index contributed by atoms with van der Waals surface area (Å²) >= 11 is 0. The van der Waals surface area contributed by atoms with Gasteiger partial charge in [0.15, 0.2) is 0 Å². The minimum absolute atomic E-state index is 0.327. The van der Waals surface area contributed by atoms with Crippen LogP contribution in [0.2, 0.25) is 0 Å². The smallest absolute Gasteiger partial charge is 0.0581 e.